The lowest BCUT2D eigenvalue weighted by Crippen LogP contribution is -2.00. The number of benzene rings is 1. The molecule has 1 aromatic heterocycles. The summed E-state index contributed by atoms with van der Waals surface area (Å²) < 4.78 is 7.67. The second-order valence-corrected chi connectivity index (χ2v) is 4.35. The van der Waals surface area contributed by atoms with E-state index < -0.39 is 0 Å². The van der Waals surface area contributed by atoms with Gasteiger partial charge in [-0.25, -0.2) is 4.98 Å². The molecule has 0 radical (unpaired) electrons. The molecule has 2 rings (SSSR count). The summed E-state index contributed by atoms with van der Waals surface area (Å²) in [5.41, 5.74) is 2.15. The summed E-state index contributed by atoms with van der Waals surface area (Å²) >= 11 is 1.66. The maximum Gasteiger partial charge on any atom is 0.128 e. The number of imidazole rings is 1. The number of rotatable bonds is 5. The van der Waals surface area contributed by atoms with Crippen LogP contribution in [0.4, 0.5) is 0 Å². The van der Waals surface area contributed by atoms with Crippen LogP contribution in [-0.2, 0) is 0 Å². The van der Waals surface area contributed by atoms with Crippen molar-refractivity contribution in [1.29, 1.82) is 0 Å². The van der Waals surface area contributed by atoms with Crippen LogP contribution in [0.5, 0.6) is 5.75 Å². The van der Waals surface area contributed by atoms with Crippen molar-refractivity contribution in [3.05, 3.63) is 54.0 Å². The summed E-state index contributed by atoms with van der Waals surface area (Å²) in [6, 6.07) is 8.05. The van der Waals surface area contributed by atoms with Gasteiger partial charge in [0.05, 0.1) is 18.6 Å². The highest BCUT2D eigenvalue weighted by Crippen LogP contribution is 2.28. The highest BCUT2D eigenvalue weighted by molar-refractivity contribution is 8.01. The Balaban J connectivity index is 2.47. The number of hydrogen-bond donors (Lipinski definition) is 0. The Bertz CT molecular complexity index is 520. The lowest BCUT2D eigenvalue weighted by Gasteiger charge is -2.13. The van der Waals surface area contributed by atoms with Crippen LogP contribution in [0.1, 0.15) is 12.5 Å². The van der Waals surface area contributed by atoms with Gasteiger partial charge in [0.15, 0.2) is 0 Å². The molecule has 1 heterocycles. The van der Waals surface area contributed by atoms with E-state index >= 15 is 0 Å². The van der Waals surface area contributed by atoms with Crippen LogP contribution in [-0.4, -0.2) is 22.4 Å². The van der Waals surface area contributed by atoms with E-state index in [1.54, 1.807) is 24.3 Å². The standard InChI is InChI=1S/C14H16N2OS/c1-3-17-14-7-5-4-6-12(14)13(10-18-2)16-9-8-15-11-16/h4-11H,3H2,1-2H3/b13-10+. The van der Waals surface area contributed by atoms with Crippen molar-refractivity contribution in [2.24, 2.45) is 0 Å². The lowest BCUT2D eigenvalue weighted by molar-refractivity contribution is 0.339. The first-order valence-corrected chi connectivity index (χ1v) is 7.09. The maximum absolute atomic E-state index is 5.68. The number of para-hydroxylation sites is 1. The Kier molecular flexibility index (Phi) is 4.47. The zero-order valence-electron chi connectivity index (χ0n) is 10.5. The van der Waals surface area contributed by atoms with Gasteiger partial charge < -0.3 is 9.30 Å². The molecule has 0 unspecified atom stereocenters. The average Bonchev–Trinajstić information content (AvgIpc) is 2.91. The van der Waals surface area contributed by atoms with Gasteiger partial charge in [-0.05, 0) is 30.7 Å². The molecule has 0 saturated carbocycles. The predicted octanol–water partition coefficient (Wildman–Crippen LogP) is 3.49. The zero-order chi connectivity index (χ0) is 12.8. The van der Waals surface area contributed by atoms with E-state index in [0.717, 1.165) is 17.0 Å². The molecule has 0 atom stereocenters. The SMILES string of the molecule is CCOc1ccccc1/C(=C\SC)n1ccnc1. The van der Waals surface area contributed by atoms with Crippen LogP contribution < -0.4 is 4.74 Å². The maximum atomic E-state index is 5.68. The minimum Gasteiger partial charge on any atom is -0.493 e. The Labute approximate surface area is 111 Å². The summed E-state index contributed by atoms with van der Waals surface area (Å²) in [7, 11) is 0. The van der Waals surface area contributed by atoms with E-state index in [1.807, 2.05) is 42.1 Å². The molecule has 0 aliphatic carbocycles. The number of nitrogens with zero attached hydrogens (tertiary/aromatic N) is 2. The highest BCUT2D eigenvalue weighted by Gasteiger charge is 2.09. The number of aromatic nitrogens is 2. The Morgan fingerprint density at radius 1 is 1.44 bits per heavy atom. The van der Waals surface area contributed by atoms with E-state index in [4.69, 9.17) is 4.74 Å². The Morgan fingerprint density at radius 3 is 2.94 bits per heavy atom. The molecule has 18 heavy (non-hydrogen) atoms. The van der Waals surface area contributed by atoms with Crippen molar-refractivity contribution in [1.82, 2.24) is 9.55 Å². The quantitative estimate of drug-likeness (QED) is 0.823. The minimum absolute atomic E-state index is 0.660. The third-order valence-corrected chi connectivity index (χ3v) is 2.93. The third-order valence-electron chi connectivity index (χ3n) is 2.47. The molecule has 94 valence electrons. The molecule has 0 aliphatic rings. The summed E-state index contributed by atoms with van der Waals surface area (Å²) in [5.74, 6) is 0.897. The molecule has 0 bridgehead atoms. The van der Waals surface area contributed by atoms with E-state index in [9.17, 15) is 0 Å². The molecule has 0 saturated heterocycles. The first-order valence-electron chi connectivity index (χ1n) is 5.80. The van der Waals surface area contributed by atoms with E-state index in [-0.39, 0.29) is 0 Å². The van der Waals surface area contributed by atoms with Gasteiger partial charge in [0.25, 0.3) is 0 Å². The fourth-order valence-electron chi connectivity index (χ4n) is 1.74. The largest absolute Gasteiger partial charge is 0.493 e. The van der Waals surface area contributed by atoms with E-state index in [2.05, 4.69) is 16.5 Å². The van der Waals surface area contributed by atoms with Crippen molar-refractivity contribution < 1.29 is 4.74 Å². The van der Waals surface area contributed by atoms with Crippen LogP contribution in [0.2, 0.25) is 0 Å². The Morgan fingerprint density at radius 2 is 2.28 bits per heavy atom. The summed E-state index contributed by atoms with van der Waals surface area (Å²) in [4.78, 5) is 4.10. The van der Waals surface area contributed by atoms with Gasteiger partial charge in [-0.1, -0.05) is 12.1 Å². The minimum atomic E-state index is 0.660. The van der Waals surface area contributed by atoms with Gasteiger partial charge in [0, 0.05) is 18.0 Å². The summed E-state index contributed by atoms with van der Waals surface area (Å²) in [6.45, 7) is 2.65. The van der Waals surface area contributed by atoms with Gasteiger partial charge in [-0.15, -0.1) is 11.8 Å². The molecule has 1 aromatic carbocycles. The lowest BCUT2D eigenvalue weighted by atomic mass is 10.1. The van der Waals surface area contributed by atoms with Gasteiger partial charge in [-0.3, -0.25) is 0 Å². The van der Waals surface area contributed by atoms with Gasteiger partial charge in [-0.2, -0.15) is 0 Å². The zero-order valence-corrected chi connectivity index (χ0v) is 11.4. The van der Waals surface area contributed by atoms with Crippen molar-refractivity contribution in [3.8, 4) is 5.75 Å². The Hall–Kier alpha value is -1.68. The van der Waals surface area contributed by atoms with Crippen LogP contribution >= 0.6 is 11.8 Å². The molecule has 0 spiro atoms. The highest BCUT2D eigenvalue weighted by atomic mass is 32.2. The fraction of sp³-hybridized carbons (Fsp3) is 0.214. The van der Waals surface area contributed by atoms with E-state index in [0.29, 0.717) is 6.61 Å². The van der Waals surface area contributed by atoms with Crippen LogP contribution in [0.15, 0.2) is 48.4 Å². The topological polar surface area (TPSA) is 27.1 Å². The van der Waals surface area contributed by atoms with Crippen LogP contribution in [0, 0.1) is 0 Å². The molecule has 0 aliphatic heterocycles. The normalized spacial score (nSPS) is 11.6. The second kappa shape index (κ2) is 6.31. The average molecular weight is 260 g/mol. The molecule has 0 fully saturated rings. The molecular weight excluding hydrogens is 244 g/mol. The molecule has 2 aromatic rings. The summed E-state index contributed by atoms with van der Waals surface area (Å²) in [5, 5.41) is 2.10. The predicted molar refractivity (Wildman–Crippen MR) is 76.7 cm³/mol. The van der Waals surface area contributed by atoms with Crippen molar-refractivity contribution in [2.45, 2.75) is 6.92 Å². The van der Waals surface area contributed by atoms with E-state index in [1.165, 1.54) is 0 Å². The number of hydrogen-bond acceptors (Lipinski definition) is 3. The third kappa shape index (κ3) is 2.76. The van der Waals surface area contributed by atoms with Crippen LogP contribution in [0.25, 0.3) is 5.70 Å². The molecular formula is C14H16N2OS. The van der Waals surface area contributed by atoms with Gasteiger partial charge >= 0.3 is 0 Å². The van der Waals surface area contributed by atoms with Crippen molar-refractivity contribution in [3.63, 3.8) is 0 Å². The molecule has 0 amide bonds. The second-order valence-electron chi connectivity index (χ2n) is 3.64. The molecule has 4 heteroatoms. The van der Waals surface area contributed by atoms with Gasteiger partial charge in [0.2, 0.25) is 0 Å². The first-order chi connectivity index (χ1) is 8.86. The number of thioether (sulfide) groups is 1. The first kappa shape index (κ1) is 12.8. The molecule has 0 N–H and O–H groups in total. The summed E-state index contributed by atoms with van der Waals surface area (Å²) in [6.07, 6.45) is 7.55. The monoisotopic (exact) mass is 260 g/mol. The van der Waals surface area contributed by atoms with Crippen molar-refractivity contribution in [2.75, 3.05) is 12.9 Å². The number of ether oxygens (including phenoxy) is 1. The fourth-order valence-corrected chi connectivity index (χ4v) is 2.21. The van der Waals surface area contributed by atoms with Crippen molar-refractivity contribution >= 4 is 17.5 Å². The molecule has 3 nitrogen and oxygen atoms in total. The van der Waals surface area contributed by atoms with Gasteiger partial charge in [0.1, 0.15) is 5.75 Å². The smallest absolute Gasteiger partial charge is 0.128 e. The van der Waals surface area contributed by atoms with Crippen LogP contribution in [0.3, 0.4) is 0 Å².